The number of likely N-dealkylation sites (tertiary alicyclic amines) is 1. The van der Waals surface area contributed by atoms with Crippen LogP contribution in [0.1, 0.15) is 43.1 Å². The van der Waals surface area contributed by atoms with Crippen LogP contribution in [0.2, 0.25) is 0 Å². The summed E-state index contributed by atoms with van der Waals surface area (Å²) in [5.74, 6) is 0.684. The number of carbonyl (C=O) groups excluding carboxylic acids is 1. The molecular weight excluding hydrogens is 278 g/mol. The molecule has 2 aliphatic rings. The van der Waals surface area contributed by atoms with E-state index in [1.807, 2.05) is 4.90 Å². The average molecular weight is 303 g/mol. The van der Waals surface area contributed by atoms with Crippen molar-refractivity contribution in [2.75, 3.05) is 37.6 Å². The minimum Gasteiger partial charge on any atom is -0.341 e. The van der Waals surface area contributed by atoms with Crippen LogP contribution < -0.4 is 10.6 Å². The maximum Gasteiger partial charge on any atom is 0.272 e. The van der Waals surface area contributed by atoms with Crippen LogP contribution in [-0.4, -0.2) is 53.5 Å². The van der Waals surface area contributed by atoms with E-state index >= 15 is 0 Å². The van der Waals surface area contributed by atoms with Crippen molar-refractivity contribution in [1.29, 1.82) is 0 Å². The second-order valence-electron chi connectivity index (χ2n) is 6.78. The summed E-state index contributed by atoms with van der Waals surface area (Å²) in [5.41, 5.74) is 6.36. The highest BCUT2D eigenvalue weighted by Gasteiger charge is 2.35. The molecule has 22 heavy (non-hydrogen) atoms. The molecule has 2 aliphatic heterocycles. The number of piperidine rings is 1. The van der Waals surface area contributed by atoms with E-state index < -0.39 is 0 Å². The third-order valence-corrected chi connectivity index (χ3v) is 4.84. The quantitative estimate of drug-likeness (QED) is 0.910. The van der Waals surface area contributed by atoms with Gasteiger partial charge in [-0.3, -0.25) is 4.79 Å². The first-order valence-electron chi connectivity index (χ1n) is 8.19. The number of hydrogen-bond acceptors (Lipinski definition) is 5. The molecule has 2 fully saturated rings. The molecule has 1 atom stereocenters. The molecule has 1 unspecified atom stereocenters. The monoisotopic (exact) mass is 303 g/mol. The topological polar surface area (TPSA) is 75.3 Å². The summed E-state index contributed by atoms with van der Waals surface area (Å²) in [6.07, 6.45) is 6.26. The molecule has 3 heterocycles. The first kappa shape index (κ1) is 15.2. The van der Waals surface area contributed by atoms with Gasteiger partial charge < -0.3 is 15.5 Å². The van der Waals surface area contributed by atoms with Crippen LogP contribution in [0.15, 0.2) is 12.3 Å². The van der Waals surface area contributed by atoms with Gasteiger partial charge in [0.05, 0.1) is 0 Å². The first-order chi connectivity index (χ1) is 10.6. The van der Waals surface area contributed by atoms with E-state index in [0.29, 0.717) is 24.7 Å². The highest BCUT2D eigenvalue weighted by Crippen LogP contribution is 2.29. The molecule has 120 valence electrons. The Hall–Kier alpha value is -1.69. The SMILES string of the molecule is CC1(CN)CCN(C(=O)c2ccnc(N3CCCCC3)n2)C1. The summed E-state index contributed by atoms with van der Waals surface area (Å²) in [7, 11) is 0. The molecule has 1 amide bonds. The minimum absolute atomic E-state index is 0.00201. The number of aromatic nitrogens is 2. The third kappa shape index (κ3) is 3.06. The van der Waals surface area contributed by atoms with E-state index in [0.717, 1.165) is 26.1 Å². The Bertz CT molecular complexity index is 543. The lowest BCUT2D eigenvalue weighted by molar-refractivity contribution is 0.0771. The van der Waals surface area contributed by atoms with Gasteiger partial charge in [0, 0.05) is 32.4 Å². The Morgan fingerprint density at radius 3 is 2.77 bits per heavy atom. The van der Waals surface area contributed by atoms with Crippen molar-refractivity contribution >= 4 is 11.9 Å². The molecule has 3 rings (SSSR count). The van der Waals surface area contributed by atoms with Crippen molar-refractivity contribution in [3.63, 3.8) is 0 Å². The average Bonchev–Trinajstić information content (AvgIpc) is 2.98. The van der Waals surface area contributed by atoms with Crippen LogP contribution in [0, 0.1) is 5.41 Å². The van der Waals surface area contributed by atoms with Crippen molar-refractivity contribution < 1.29 is 4.79 Å². The summed E-state index contributed by atoms with van der Waals surface area (Å²) in [4.78, 5) is 25.6. The molecule has 1 aromatic rings. The van der Waals surface area contributed by atoms with Crippen molar-refractivity contribution in [3.8, 4) is 0 Å². The van der Waals surface area contributed by atoms with Crippen LogP contribution in [0.5, 0.6) is 0 Å². The molecule has 0 radical (unpaired) electrons. The number of carbonyl (C=O) groups is 1. The Balaban J connectivity index is 1.73. The number of nitrogens with two attached hydrogens (primary N) is 1. The largest absolute Gasteiger partial charge is 0.341 e. The van der Waals surface area contributed by atoms with Gasteiger partial charge in [-0.15, -0.1) is 0 Å². The van der Waals surface area contributed by atoms with Crippen LogP contribution in [0.4, 0.5) is 5.95 Å². The zero-order chi connectivity index (χ0) is 15.6. The molecular formula is C16H25N5O. The maximum atomic E-state index is 12.7. The number of hydrogen-bond donors (Lipinski definition) is 1. The van der Waals surface area contributed by atoms with Gasteiger partial charge in [0.2, 0.25) is 5.95 Å². The molecule has 0 saturated carbocycles. The molecule has 0 spiro atoms. The van der Waals surface area contributed by atoms with Gasteiger partial charge in [-0.1, -0.05) is 6.92 Å². The molecule has 6 nitrogen and oxygen atoms in total. The van der Waals surface area contributed by atoms with Crippen LogP contribution in [0.25, 0.3) is 0 Å². The summed E-state index contributed by atoms with van der Waals surface area (Å²) in [5, 5.41) is 0. The van der Waals surface area contributed by atoms with E-state index in [9.17, 15) is 4.79 Å². The molecule has 1 aromatic heterocycles. The fourth-order valence-corrected chi connectivity index (χ4v) is 3.24. The van der Waals surface area contributed by atoms with E-state index in [4.69, 9.17) is 5.73 Å². The zero-order valence-electron chi connectivity index (χ0n) is 13.3. The van der Waals surface area contributed by atoms with Gasteiger partial charge in [0.1, 0.15) is 5.69 Å². The normalized spacial score (nSPS) is 25.5. The second-order valence-corrected chi connectivity index (χ2v) is 6.78. The molecule has 0 aliphatic carbocycles. The summed E-state index contributed by atoms with van der Waals surface area (Å²) >= 11 is 0. The van der Waals surface area contributed by atoms with Gasteiger partial charge in [-0.25, -0.2) is 9.97 Å². The molecule has 6 heteroatoms. The van der Waals surface area contributed by atoms with Gasteiger partial charge in [-0.2, -0.15) is 0 Å². The summed E-state index contributed by atoms with van der Waals surface area (Å²) in [6, 6.07) is 1.72. The first-order valence-corrected chi connectivity index (χ1v) is 8.19. The van der Waals surface area contributed by atoms with Gasteiger partial charge in [-0.05, 0) is 43.7 Å². The Morgan fingerprint density at radius 2 is 2.09 bits per heavy atom. The van der Waals surface area contributed by atoms with Crippen molar-refractivity contribution in [3.05, 3.63) is 18.0 Å². The van der Waals surface area contributed by atoms with Crippen LogP contribution in [0.3, 0.4) is 0 Å². The van der Waals surface area contributed by atoms with Crippen LogP contribution in [-0.2, 0) is 0 Å². The lowest BCUT2D eigenvalue weighted by Crippen LogP contribution is -2.35. The van der Waals surface area contributed by atoms with E-state index in [2.05, 4.69) is 21.8 Å². The van der Waals surface area contributed by atoms with E-state index in [-0.39, 0.29) is 11.3 Å². The van der Waals surface area contributed by atoms with E-state index in [1.54, 1.807) is 12.3 Å². The maximum absolute atomic E-state index is 12.7. The molecule has 0 bridgehead atoms. The van der Waals surface area contributed by atoms with Crippen molar-refractivity contribution in [2.45, 2.75) is 32.6 Å². The highest BCUT2D eigenvalue weighted by molar-refractivity contribution is 5.92. The fourth-order valence-electron chi connectivity index (χ4n) is 3.24. The van der Waals surface area contributed by atoms with Crippen molar-refractivity contribution in [1.82, 2.24) is 14.9 Å². The predicted octanol–water partition coefficient (Wildman–Crippen LogP) is 1.28. The smallest absolute Gasteiger partial charge is 0.272 e. The molecule has 2 saturated heterocycles. The molecule has 2 N–H and O–H groups in total. The lowest BCUT2D eigenvalue weighted by atomic mass is 9.90. The van der Waals surface area contributed by atoms with Gasteiger partial charge >= 0.3 is 0 Å². The van der Waals surface area contributed by atoms with Crippen molar-refractivity contribution in [2.24, 2.45) is 11.1 Å². The minimum atomic E-state index is -0.00201. The lowest BCUT2D eigenvalue weighted by Gasteiger charge is -2.27. The molecule has 0 aromatic carbocycles. The second kappa shape index (κ2) is 6.20. The predicted molar refractivity (Wildman–Crippen MR) is 85.8 cm³/mol. The van der Waals surface area contributed by atoms with Crippen LogP contribution >= 0.6 is 0 Å². The Kier molecular flexibility index (Phi) is 4.29. The highest BCUT2D eigenvalue weighted by atomic mass is 16.2. The number of anilines is 1. The van der Waals surface area contributed by atoms with E-state index in [1.165, 1.54) is 19.3 Å². The van der Waals surface area contributed by atoms with Gasteiger partial charge in [0.25, 0.3) is 5.91 Å². The summed E-state index contributed by atoms with van der Waals surface area (Å²) < 4.78 is 0. The Morgan fingerprint density at radius 1 is 1.32 bits per heavy atom. The number of nitrogens with zero attached hydrogens (tertiary/aromatic N) is 4. The standard InChI is InChI=1S/C16H25N5O/c1-16(11-17)6-10-21(12-16)14(22)13-5-7-18-15(19-13)20-8-3-2-4-9-20/h5,7H,2-4,6,8-12,17H2,1H3. The number of amides is 1. The Labute approximate surface area is 131 Å². The summed E-state index contributed by atoms with van der Waals surface area (Å²) in [6.45, 7) is 6.18. The van der Waals surface area contributed by atoms with Gasteiger partial charge in [0.15, 0.2) is 0 Å². The third-order valence-electron chi connectivity index (χ3n) is 4.84. The fraction of sp³-hybridized carbons (Fsp3) is 0.688. The number of rotatable bonds is 3. The zero-order valence-corrected chi connectivity index (χ0v) is 13.3.